The van der Waals surface area contributed by atoms with E-state index >= 15 is 0 Å². The molecule has 1 aliphatic carbocycles. The molecular formula is C19H31F3IN5S. The zero-order chi connectivity index (χ0) is 20.0. The van der Waals surface area contributed by atoms with Crippen LogP contribution in [0.4, 0.5) is 13.2 Å². The average molecular weight is 545 g/mol. The average Bonchev–Trinajstić information content (AvgIpc) is 3.17. The molecule has 0 aromatic carbocycles. The van der Waals surface area contributed by atoms with Gasteiger partial charge in [0.1, 0.15) is 5.01 Å². The zero-order valence-corrected chi connectivity index (χ0v) is 19.9. The molecule has 5 nitrogen and oxygen atoms in total. The number of nitrogens with zero attached hydrogens (tertiary/aromatic N) is 3. The van der Waals surface area contributed by atoms with Gasteiger partial charge >= 0.3 is 6.18 Å². The first-order valence-corrected chi connectivity index (χ1v) is 11.1. The van der Waals surface area contributed by atoms with Gasteiger partial charge in [-0.1, -0.05) is 19.3 Å². The van der Waals surface area contributed by atoms with E-state index in [2.05, 4.69) is 25.5 Å². The summed E-state index contributed by atoms with van der Waals surface area (Å²) in [5.74, 6) is 0.654. The summed E-state index contributed by atoms with van der Waals surface area (Å²) in [6.45, 7) is 5.00. The SMILES string of the molecule is CCNC(=NCc1nc(C(F)(F)F)cs1)NC1CCCN(C2CCCCC2)C1.I. The number of halogens is 4. The number of hydrogen-bond acceptors (Lipinski definition) is 4. The lowest BCUT2D eigenvalue weighted by molar-refractivity contribution is -0.140. The summed E-state index contributed by atoms with van der Waals surface area (Å²) in [5, 5.41) is 8.11. The molecular weight excluding hydrogens is 514 g/mol. The van der Waals surface area contributed by atoms with Crippen LogP contribution >= 0.6 is 35.3 Å². The van der Waals surface area contributed by atoms with Crippen LogP contribution in [0.2, 0.25) is 0 Å². The minimum atomic E-state index is -4.40. The van der Waals surface area contributed by atoms with Crippen molar-refractivity contribution < 1.29 is 13.2 Å². The molecule has 2 aliphatic rings. The number of piperidine rings is 1. The number of alkyl halides is 3. The van der Waals surface area contributed by atoms with Gasteiger partial charge in [-0.25, -0.2) is 9.98 Å². The number of nitrogens with one attached hydrogen (secondary N) is 2. The second kappa shape index (κ2) is 11.7. The third-order valence-corrected chi connectivity index (χ3v) is 6.28. The van der Waals surface area contributed by atoms with E-state index < -0.39 is 11.9 Å². The number of thiazole rings is 1. The molecule has 0 spiro atoms. The second-order valence-corrected chi connectivity index (χ2v) is 8.53. The Morgan fingerprint density at radius 2 is 2.00 bits per heavy atom. The van der Waals surface area contributed by atoms with Gasteiger partial charge in [-0.2, -0.15) is 13.2 Å². The van der Waals surface area contributed by atoms with Crippen molar-refractivity contribution in [3.8, 4) is 0 Å². The molecule has 0 bridgehead atoms. The number of hydrogen-bond donors (Lipinski definition) is 2. The summed E-state index contributed by atoms with van der Waals surface area (Å²) >= 11 is 1.000. The van der Waals surface area contributed by atoms with Crippen molar-refractivity contribution in [1.29, 1.82) is 0 Å². The van der Waals surface area contributed by atoms with Gasteiger partial charge in [-0.15, -0.1) is 35.3 Å². The van der Waals surface area contributed by atoms with E-state index in [1.54, 1.807) is 0 Å². The van der Waals surface area contributed by atoms with E-state index in [4.69, 9.17) is 0 Å². The summed E-state index contributed by atoms with van der Waals surface area (Å²) in [6, 6.07) is 1.02. The zero-order valence-electron chi connectivity index (χ0n) is 16.8. The predicted octanol–water partition coefficient (Wildman–Crippen LogP) is 4.63. The Bertz CT molecular complexity index is 646. The Morgan fingerprint density at radius 3 is 2.66 bits per heavy atom. The molecule has 166 valence electrons. The molecule has 1 saturated carbocycles. The van der Waals surface area contributed by atoms with Crippen molar-refractivity contribution in [1.82, 2.24) is 20.5 Å². The first kappa shape index (κ1) is 24.6. The van der Waals surface area contributed by atoms with Crippen molar-refractivity contribution in [2.45, 2.75) is 76.7 Å². The maximum Gasteiger partial charge on any atom is 0.434 e. The quantitative estimate of drug-likeness (QED) is 0.322. The number of aliphatic imine (C=N–C) groups is 1. The third kappa shape index (κ3) is 7.54. The standard InChI is InChI=1S/C19H30F3N5S.HI/c1-2-23-18(24-11-17-26-16(13-28-17)19(20,21)22)25-14-7-6-10-27(12-14)15-8-4-3-5-9-15;/h13-15H,2-12H2,1H3,(H2,23,24,25);1H. The lowest BCUT2D eigenvalue weighted by Crippen LogP contribution is -2.53. The normalized spacial score (nSPS) is 22.2. The Morgan fingerprint density at radius 1 is 1.24 bits per heavy atom. The van der Waals surface area contributed by atoms with Gasteiger partial charge in [0.2, 0.25) is 0 Å². The molecule has 2 fully saturated rings. The highest BCUT2D eigenvalue weighted by molar-refractivity contribution is 14.0. The molecule has 2 N–H and O–H groups in total. The highest BCUT2D eigenvalue weighted by atomic mass is 127. The highest BCUT2D eigenvalue weighted by Crippen LogP contribution is 2.30. The molecule has 1 saturated heterocycles. The summed E-state index contributed by atoms with van der Waals surface area (Å²) in [6.07, 6.45) is 4.47. The molecule has 0 radical (unpaired) electrons. The number of rotatable bonds is 5. The molecule has 29 heavy (non-hydrogen) atoms. The summed E-state index contributed by atoms with van der Waals surface area (Å²) in [7, 11) is 0. The van der Waals surface area contributed by atoms with Crippen LogP contribution < -0.4 is 10.6 Å². The lowest BCUT2D eigenvalue weighted by atomic mass is 9.92. The van der Waals surface area contributed by atoms with Gasteiger partial charge in [0, 0.05) is 30.6 Å². The van der Waals surface area contributed by atoms with Gasteiger partial charge in [0.05, 0.1) is 6.54 Å². The molecule has 10 heteroatoms. The molecule has 1 unspecified atom stereocenters. The number of aromatic nitrogens is 1. The molecule has 2 heterocycles. The van der Waals surface area contributed by atoms with Gasteiger partial charge < -0.3 is 10.6 Å². The summed E-state index contributed by atoms with van der Waals surface area (Å²) < 4.78 is 38.1. The topological polar surface area (TPSA) is 52.6 Å². The fourth-order valence-corrected chi connectivity index (χ4v) is 4.80. The summed E-state index contributed by atoms with van der Waals surface area (Å²) in [5.41, 5.74) is -0.837. The van der Waals surface area contributed by atoms with E-state index in [-0.39, 0.29) is 30.5 Å². The van der Waals surface area contributed by atoms with E-state index in [0.717, 1.165) is 42.6 Å². The first-order valence-electron chi connectivity index (χ1n) is 10.3. The van der Waals surface area contributed by atoms with Crippen LogP contribution in [0, 0.1) is 0 Å². The van der Waals surface area contributed by atoms with Crippen LogP contribution in [0.5, 0.6) is 0 Å². The van der Waals surface area contributed by atoms with Crippen molar-refractivity contribution in [3.63, 3.8) is 0 Å². The van der Waals surface area contributed by atoms with E-state index in [9.17, 15) is 13.2 Å². The van der Waals surface area contributed by atoms with Gasteiger partial charge in [0.15, 0.2) is 11.7 Å². The Labute approximate surface area is 192 Å². The fraction of sp³-hybridized carbons (Fsp3) is 0.789. The first-order chi connectivity index (χ1) is 13.5. The smallest absolute Gasteiger partial charge is 0.357 e. The monoisotopic (exact) mass is 545 g/mol. The fourth-order valence-electron chi connectivity index (χ4n) is 4.08. The van der Waals surface area contributed by atoms with Crippen molar-refractivity contribution in [2.24, 2.45) is 4.99 Å². The Balaban J connectivity index is 0.00000300. The molecule has 1 atom stereocenters. The molecule has 1 aliphatic heterocycles. The molecule has 0 amide bonds. The maximum atomic E-state index is 12.7. The maximum absolute atomic E-state index is 12.7. The predicted molar refractivity (Wildman–Crippen MR) is 122 cm³/mol. The van der Waals surface area contributed by atoms with Crippen LogP contribution in [0.3, 0.4) is 0 Å². The van der Waals surface area contributed by atoms with E-state index in [1.807, 2.05) is 6.92 Å². The van der Waals surface area contributed by atoms with Crippen LogP contribution in [-0.2, 0) is 12.7 Å². The van der Waals surface area contributed by atoms with Crippen LogP contribution in [-0.4, -0.2) is 47.6 Å². The van der Waals surface area contributed by atoms with Gasteiger partial charge in [-0.05, 0) is 39.2 Å². The molecule has 3 rings (SSSR count). The third-order valence-electron chi connectivity index (χ3n) is 5.44. The number of guanidine groups is 1. The second-order valence-electron chi connectivity index (χ2n) is 7.59. The van der Waals surface area contributed by atoms with Crippen molar-refractivity contribution >= 4 is 41.3 Å². The van der Waals surface area contributed by atoms with Crippen LogP contribution in [0.25, 0.3) is 0 Å². The molecule has 1 aromatic rings. The van der Waals surface area contributed by atoms with Gasteiger partial charge in [0.25, 0.3) is 0 Å². The Hall–Kier alpha value is -0.620. The molecule has 1 aromatic heterocycles. The minimum Gasteiger partial charge on any atom is -0.357 e. The highest BCUT2D eigenvalue weighted by Gasteiger charge is 2.33. The van der Waals surface area contributed by atoms with Crippen LogP contribution in [0.15, 0.2) is 10.4 Å². The van der Waals surface area contributed by atoms with Crippen molar-refractivity contribution in [2.75, 3.05) is 19.6 Å². The van der Waals surface area contributed by atoms with E-state index in [0.29, 0.717) is 29.6 Å². The minimum absolute atomic E-state index is 0. The number of likely N-dealkylation sites (tertiary alicyclic amines) is 1. The largest absolute Gasteiger partial charge is 0.434 e. The van der Waals surface area contributed by atoms with Crippen molar-refractivity contribution in [3.05, 3.63) is 16.1 Å². The van der Waals surface area contributed by atoms with Gasteiger partial charge in [-0.3, -0.25) is 4.90 Å². The van der Waals surface area contributed by atoms with Crippen LogP contribution in [0.1, 0.15) is 62.6 Å². The Kier molecular flexibility index (Phi) is 9.93. The van der Waals surface area contributed by atoms with E-state index in [1.165, 1.54) is 32.1 Å². The lowest BCUT2D eigenvalue weighted by Gasteiger charge is -2.40. The summed E-state index contributed by atoms with van der Waals surface area (Å²) in [4.78, 5) is 10.7.